The van der Waals surface area contributed by atoms with E-state index in [1.165, 1.54) is 24.3 Å². The van der Waals surface area contributed by atoms with Crippen molar-refractivity contribution in [3.63, 3.8) is 0 Å². The lowest BCUT2D eigenvalue weighted by Crippen LogP contribution is -2.07. The van der Waals surface area contributed by atoms with Gasteiger partial charge in [0.05, 0.1) is 0 Å². The Morgan fingerprint density at radius 2 is 1.24 bits per heavy atom. The Labute approximate surface area is 121 Å². The number of rotatable bonds is 6. The zero-order valence-corrected chi connectivity index (χ0v) is 12.5. The predicted molar refractivity (Wildman–Crippen MR) is 76.8 cm³/mol. The molecule has 0 spiro atoms. The minimum Gasteiger partial charge on any atom is -0.413 e. The smallest absolute Gasteiger partial charge is 0.413 e. The fourth-order valence-corrected chi connectivity index (χ4v) is 3.64. The first kappa shape index (κ1) is 15.8. The molecule has 21 heavy (non-hydrogen) atoms. The number of benzene rings is 2. The maximum Gasteiger partial charge on any atom is 0.536 e. The van der Waals surface area contributed by atoms with Gasteiger partial charge in [-0.05, 0) is 24.3 Å². The molecule has 0 radical (unpaired) electrons. The maximum atomic E-state index is 11.9. The van der Waals surface area contributed by atoms with Gasteiger partial charge in [-0.15, -0.1) is 0 Å². The van der Waals surface area contributed by atoms with Crippen LogP contribution in [0.25, 0.3) is 0 Å². The second-order valence-electron chi connectivity index (χ2n) is 3.90. The summed E-state index contributed by atoms with van der Waals surface area (Å²) in [6, 6.07) is 15.7. The summed E-state index contributed by atoms with van der Waals surface area (Å²) in [4.78, 5) is 9.56. The highest BCUT2D eigenvalue weighted by atomic mass is 31.3. The zero-order valence-electron chi connectivity index (χ0n) is 10.7. The average molecular weight is 329 g/mol. The highest BCUT2D eigenvalue weighted by Gasteiger charge is 2.35. The Morgan fingerprint density at radius 3 is 1.71 bits per heavy atom. The second kappa shape index (κ2) is 6.43. The third-order valence-corrected chi connectivity index (χ3v) is 4.80. The van der Waals surface area contributed by atoms with Crippen LogP contribution in [0.4, 0.5) is 0 Å². The molecular weight excluding hydrogens is 316 g/mol. The molecule has 9 heteroatoms. The van der Waals surface area contributed by atoms with Crippen molar-refractivity contribution in [1.29, 1.82) is 0 Å². The van der Waals surface area contributed by atoms with Gasteiger partial charge in [-0.25, -0.2) is 14.6 Å². The first-order valence-electron chi connectivity index (χ1n) is 5.78. The van der Waals surface area contributed by atoms with Crippen molar-refractivity contribution in [2.24, 2.45) is 5.50 Å². The average Bonchev–Trinajstić information content (AvgIpc) is 2.38. The minimum atomic E-state index is -4.69. The molecular formula is C12H13NO6P2. The molecule has 7 nitrogen and oxygen atoms in total. The van der Waals surface area contributed by atoms with Gasteiger partial charge in [0.2, 0.25) is 0 Å². The van der Waals surface area contributed by atoms with E-state index < -0.39 is 15.6 Å². The van der Waals surface area contributed by atoms with Crippen molar-refractivity contribution in [3.05, 3.63) is 60.7 Å². The molecule has 2 aromatic rings. The lowest BCUT2D eigenvalue weighted by molar-refractivity contribution is 0.272. The van der Waals surface area contributed by atoms with Gasteiger partial charge in [-0.3, -0.25) is 4.89 Å². The largest absolute Gasteiger partial charge is 0.536 e. The first-order chi connectivity index (χ1) is 9.86. The van der Waals surface area contributed by atoms with Gasteiger partial charge in [0.15, 0.2) is 0 Å². The predicted octanol–water partition coefficient (Wildman–Crippen LogP) is 3.33. The molecule has 0 saturated carbocycles. The minimum absolute atomic E-state index is 0.0723. The summed E-state index contributed by atoms with van der Waals surface area (Å²) >= 11 is 0. The summed E-state index contributed by atoms with van der Waals surface area (Å²) in [7, 11) is -9.00. The van der Waals surface area contributed by atoms with E-state index in [0.717, 1.165) is 0 Å². The van der Waals surface area contributed by atoms with Crippen LogP contribution in [-0.2, 0) is 13.4 Å². The normalized spacial score (nSPS) is 16.5. The Kier molecular flexibility index (Phi) is 4.83. The van der Waals surface area contributed by atoms with E-state index in [9.17, 15) is 14.0 Å². The quantitative estimate of drug-likeness (QED) is 0.782. The van der Waals surface area contributed by atoms with Crippen LogP contribution in [0.3, 0.4) is 0 Å². The molecule has 0 heterocycles. The van der Waals surface area contributed by atoms with E-state index in [1.54, 1.807) is 36.4 Å². The first-order valence-corrected chi connectivity index (χ1v) is 8.89. The molecule has 2 aromatic carbocycles. The van der Waals surface area contributed by atoms with E-state index in [4.69, 9.17) is 14.6 Å². The molecule has 2 rings (SSSR count). The van der Waals surface area contributed by atoms with Gasteiger partial charge in [0, 0.05) is 0 Å². The fourth-order valence-electron chi connectivity index (χ4n) is 1.42. The van der Waals surface area contributed by atoms with E-state index in [-0.39, 0.29) is 11.5 Å². The topological polar surface area (TPSA) is 108 Å². The Hall–Kier alpha value is -1.62. The van der Waals surface area contributed by atoms with Crippen molar-refractivity contribution in [2.75, 3.05) is 0 Å². The van der Waals surface area contributed by atoms with E-state index >= 15 is 0 Å². The van der Waals surface area contributed by atoms with Gasteiger partial charge in [-0.2, -0.15) is 4.31 Å². The molecule has 0 aliphatic carbocycles. The summed E-state index contributed by atoms with van der Waals surface area (Å²) in [6.45, 7) is 0. The Morgan fingerprint density at radius 1 is 0.810 bits per heavy atom. The van der Waals surface area contributed by atoms with Crippen molar-refractivity contribution in [2.45, 2.75) is 0 Å². The molecule has 2 unspecified atom stereocenters. The Bertz CT molecular complexity index is 619. The lowest BCUT2D eigenvalue weighted by atomic mass is 10.3. The maximum absolute atomic E-state index is 11.9. The Balaban J connectivity index is 2.04. The van der Waals surface area contributed by atoms with Crippen LogP contribution in [0.2, 0.25) is 0 Å². The molecule has 112 valence electrons. The lowest BCUT2D eigenvalue weighted by Gasteiger charge is -2.17. The van der Waals surface area contributed by atoms with Crippen LogP contribution >= 0.6 is 15.6 Å². The van der Waals surface area contributed by atoms with Crippen LogP contribution in [0.1, 0.15) is 0 Å². The highest BCUT2D eigenvalue weighted by molar-refractivity contribution is 7.63. The van der Waals surface area contributed by atoms with Crippen LogP contribution in [0.5, 0.6) is 11.5 Å². The summed E-state index contributed by atoms with van der Waals surface area (Å²) in [6.07, 6.45) is 0. The van der Waals surface area contributed by atoms with Gasteiger partial charge < -0.3 is 9.05 Å². The summed E-state index contributed by atoms with van der Waals surface area (Å²) in [5, 5.41) is 0. The van der Waals surface area contributed by atoms with Gasteiger partial charge in [-0.1, -0.05) is 36.4 Å². The SMILES string of the molecule is NP(=O)(Oc1ccccc1)OP(=O)(O)Oc1ccccc1. The molecule has 0 aliphatic rings. The third-order valence-electron chi connectivity index (χ3n) is 2.16. The van der Waals surface area contributed by atoms with E-state index in [0.29, 0.717) is 0 Å². The summed E-state index contributed by atoms with van der Waals surface area (Å²) in [5.74, 6) is 0.214. The van der Waals surface area contributed by atoms with E-state index in [1.807, 2.05) is 0 Å². The number of para-hydroxylation sites is 2. The van der Waals surface area contributed by atoms with Gasteiger partial charge in [0.25, 0.3) is 0 Å². The molecule has 3 N–H and O–H groups in total. The number of hydrogen-bond donors (Lipinski definition) is 2. The zero-order chi connectivity index (χ0) is 15.3. The molecule has 0 aliphatic heterocycles. The molecule has 0 amide bonds. The van der Waals surface area contributed by atoms with Crippen molar-refractivity contribution >= 4 is 15.6 Å². The number of phosphoric acid groups is 1. The van der Waals surface area contributed by atoms with Gasteiger partial charge >= 0.3 is 15.6 Å². The number of nitrogens with two attached hydrogens (primary N) is 1. The molecule has 2 atom stereocenters. The number of phosphoric ester groups is 1. The van der Waals surface area contributed by atoms with Crippen molar-refractivity contribution in [1.82, 2.24) is 0 Å². The van der Waals surface area contributed by atoms with Crippen LogP contribution < -0.4 is 14.6 Å². The van der Waals surface area contributed by atoms with Crippen LogP contribution in [0.15, 0.2) is 60.7 Å². The molecule has 0 fully saturated rings. The molecule has 0 bridgehead atoms. The third kappa shape index (κ3) is 5.34. The standard InChI is InChI=1S/C12H13NO6P2/c13-20(14,17-11-7-3-1-4-8-11)19-21(15,16)18-12-9-5-2-6-10-12/h1-10H,(H2,13,14)(H,15,16). The van der Waals surface area contributed by atoms with Crippen LogP contribution in [0, 0.1) is 0 Å². The fraction of sp³-hybridized carbons (Fsp3) is 0. The number of hydrogen-bond acceptors (Lipinski definition) is 5. The van der Waals surface area contributed by atoms with Crippen LogP contribution in [-0.4, -0.2) is 4.89 Å². The molecule has 0 aromatic heterocycles. The van der Waals surface area contributed by atoms with E-state index in [2.05, 4.69) is 4.31 Å². The summed E-state index contributed by atoms with van der Waals surface area (Å²) in [5.41, 5.74) is 5.29. The second-order valence-corrected chi connectivity index (χ2v) is 6.93. The van der Waals surface area contributed by atoms with Crippen molar-refractivity contribution in [3.8, 4) is 11.5 Å². The summed E-state index contributed by atoms with van der Waals surface area (Å²) < 4.78 is 37.7. The molecule has 0 saturated heterocycles. The van der Waals surface area contributed by atoms with Gasteiger partial charge in [0.1, 0.15) is 11.5 Å². The monoisotopic (exact) mass is 329 g/mol. The van der Waals surface area contributed by atoms with Crippen molar-refractivity contribution < 1.29 is 27.4 Å². The highest BCUT2D eigenvalue weighted by Crippen LogP contribution is 2.57.